The lowest BCUT2D eigenvalue weighted by Crippen LogP contribution is -1.99. The molecule has 0 radical (unpaired) electrons. The van der Waals surface area contributed by atoms with E-state index in [4.69, 9.17) is 23.2 Å². The van der Waals surface area contributed by atoms with E-state index < -0.39 is 6.10 Å². The van der Waals surface area contributed by atoms with Crippen molar-refractivity contribution in [1.29, 1.82) is 0 Å². The fraction of sp³-hybridized carbons (Fsp3) is 0.167. The number of aliphatic hydroxyl groups is 1. The maximum atomic E-state index is 9.76. The summed E-state index contributed by atoms with van der Waals surface area (Å²) < 4.78 is 0. The quantitative estimate of drug-likeness (QED) is 0.793. The summed E-state index contributed by atoms with van der Waals surface area (Å²) in [4.78, 5) is 0. The van der Waals surface area contributed by atoms with E-state index >= 15 is 0 Å². The van der Waals surface area contributed by atoms with Gasteiger partial charge >= 0.3 is 0 Å². The van der Waals surface area contributed by atoms with Gasteiger partial charge in [0.1, 0.15) is 0 Å². The molecule has 0 aromatic heterocycles. The predicted molar refractivity (Wildman–Crippen MR) is 64.6 cm³/mol. The molecule has 0 bridgehead atoms. The number of rotatable bonds is 2. The highest BCUT2D eigenvalue weighted by molar-refractivity contribution is 6.35. The van der Waals surface area contributed by atoms with Crippen molar-refractivity contribution in [1.82, 2.24) is 0 Å². The maximum Gasteiger partial charge on any atom is 0.0931 e. The highest BCUT2D eigenvalue weighted by Gasteiger charge is 2.11. The van der Waals surface area contributed by atoms with Gasteiger partial charge in [-0.05, 0) is 17.0 Å². The number of halogens is 2. The Hall–Kier alpha value is -0.760. The minimum absolute atomic E-state index is 0.171. The van der Waals surface area contributed by atoms with Gasteiger partial charge in [-0.3, -0.25) is 0 Å². The molecule has 3 heteroatoms. The molecule has 0 heterocycles. The van der Waals surface area contributed by atoms with Crippen LogP contribution in [-0.2, 0) is 0 Å². The van der Waals surface area contributed by atoms with Crippen LogP contribution in [-0.4, -0.2) is 11.0 Å². The fourth-order valence-electron chi connectivity index (χ4n) is 1.68. The van der Waals surface area contributed by atoms with Gasteiger partial charge in [0.05, 0.1) is 12.0 Å². The van der Waals surface area contributed by atoms with E-state index in [-0.39, 0.29) is 5.88 Å². The van der Waals surface area contributed by atoms with Crippen molar-refractivity contribution in [2.75, 3.05) is 5.88 Å². The first-order chi connectivity index (χ1) is 7.24. The van der Waals surface area contributed by atoms with Crippen LogP contribution in [0.25, 0.3) is 10.8 Å². The average Bonchev–Trinajstić information content (AvgIpc) is 2.28. The largest absolute Gasteiger partial charge is 0.387 e. The average molecular weight is 241 g/mol. The van der Waals surface area contributed by atoms with Crippen LogP contribution in [0.4, 0.5) is 0 Å². The normalized spacial score (nSPS) is 13.0. The number of hydrogen-bond acceptors (Lipinski definition) is 1. The van der Waals surface area contributed by atoms with E-state index in [1.54, 1.807) is 0 Å². The van der Waals surface area contributed by atoms with E-state index in [1.165, 1.54) is 0 Å². The van der Waals surface area contributed by atoms with Gasteiger partial charge < -0.3 is 5.11 Å². The number of hydrogen-bond donors (Lipinski definition) is 1. The molecule has 2 rings (SSSR count). The molecule has 0 unspecified atom stereocenters. The number of alkyl halides is 1. The molecule has 0 saturated heterocycles. The number of fused-ring (bicyclic) bond motifs is 1. The Morgan fingerprint density at radius 3 is 2.47 bits per heavy atom. The molecule has 0 aliphatic rings. The van der Waals surface area contributed by atoms with Gasteiger partial charge in [-0.25, -0.2) is 0 Å². The third-order valence-corrected chi connectivity index (χ3v) is 3.00. The van der Waals surface area contributed by atoms with Crippen LogP contribution in [0.2, 0.25) is 5.02 Å². The summed E-state index contributed by atoms with van der Waals surface area (Å²) in [6.07, 6.45) is -0.671. The molecular formula is C12H10Cl2O. The summed E-state index contributed by atoms with van der Waals surface area (Å²) in [6, 6.07) is 11.4. The van der Waals surface area contributed by atoms with E-state index in [9.17, 15) is 5.11 Å². The second-order valence-electron chi connectivity index (χ2n) is 3.36. The minimum Gasteiger partial charge on any atom is -0.387 e. The number of aliphatic hydroxyl groups excluding tert-OH is 1. The molecule has 0 aliphatic carbocycles. The summed E-state index contributed by atoms with van der Waals surface area (Å²) >= 11 is 11.8. The van der Waals surface area contributed by atoms with E-state index in [1.807, 2.05) is 36.4 Å². The molecule has 2 aromatic carbocycles. The Morgan fingerprint density at radius 2 is 1.80 bits per heavy atom. The Balaban J connectivity index is 2.74. The minimum atomic E-state index is -0.671. The highest BCUT2D eigenvalue weighted by Crippen LogP contribution is 2.30. The topological polar surface area (TPSA) is 20.2 Å². The van der Waals surface area contributed by atoms with Gasteiger partial charge in [-0.1, -0.05) is 41.9 Å². The van der Waals surface area contributed by atoms with Crippen LogP contribution in [0.1, 0.15) is 11.7 Å². The van der Waals surface area contributed by atoms with Crippen LogP contribution in [0.15, 0.2) is 36.4 Å². The second kappa shape index (κ2) is 4.40. The van der Waals surface area contributed by atoms with Crippen LogP contribution < -0.4 is 0 Å². The molecular weight excluding hydrogens is 231 g/mol. The molecule has 0 saturated carbocycles. The third-order valence-electron chi connectivity index (χ3n) is 2.39. The number of benzene rings is 2. The highest BCUT2D eigenvalue weighted by atomic mass is 35.5. The standard InChI is InChI=1S/C12H10Cl2O/c13-7-11(15)9-5-1-3-8-4-2-6-10(14)12(8)9/h1-6,11,15H,7H2/t11-/m1/s1. The van der Waals surface area contributed by atoms with Gasteiger partial charge in [-0.2, -0.15) is 0 Å². The van der Waals surface area contributed by atoms with Crippen molar-refractivity contribution in [2.24, 2.45) is 0 Å². The first kappa shape index (κ1) is 10.7. The van der Waals surface area contributed by atoms with Crippen molar-refractivity contribution in [3.05, 3.63) is 47.0 Å². The van der Waals surface area contributed by atoms with Gasteiger partial charge in [-0.15, -0.1) is 11.6 Å². The van der Waals surface area contributed by atoms with Crippen molar-refractivity contribution < 1.29 is 5.11 Å². The summed E-state index contributed by atoms with van der Waals surface area (Å²) in [5.41, 5.74) is 0.785. The Kier molecular flexibility index (Phi) is 3.15. The molecule has 1 nitrogen and oxygen atoms in total. The molecule has 15 heavy (non-hydrogen) atoms. The lowest BCUT2D eigenvalue weighted by atomic mass is 10.0. The third kappa shape index (κ3) is 1.96. The van der Waals surface area contributed by atoms with E-state index in [0.29, 0.717) is 5.02 Å². The lowest BCUT2D eigenvalue weighted by molar-refractivity contribution is 0.204. The van der Waals surface area contributed by atoms with Gasteiger partial charge in [0.25, 0.3) is 0 Å². The van der Waals surface area contributed by atoms with Crippen molar-refractivity contribution in [2.45, 2.75) is 6.10 Å². The fourth-order valence-corrected chi connectivity index (χ4v) is 2.14. The van der Waals surface area contributed by atoms with Gasteiger partial charge in [0.2, 0.25) is 0 Å². The van der Waals surface area contributed by atoms with Crippen molar-refractivity contribution >= 4 is 34.0 Å². The Bertz CT molecular complexity index is 477. The molecule has 1 atom stereocenters. The Labute approximate surface area is 98.2 Å². The van der Waals surface area contributed by atoms with Crippen LogP contribution >= 0.6 is 23.2 Å². The smallest absolute Gasteiger partial charge is 0.0931 e. The van der Waals surface area contributed by atoms with Crippen molar-refractivity contribution in [3.63, 3.8) is 0 Å². The summed E-state index contributed by atoms with van der Waals surface area (Å²) in [7, 11) is 0. The van der Waals surface area contributed by atoms with Crippen LogP contribution in [0.3, 0.4) is 0 Å². The molecule has 1 N–H and O–H groups in total. The monoisotopic (exact) mass is 240 g/mol. The zero-order valence-electron chi connectivity index (χ0n) is 7.95. The molecule has 0 spiro atoms. The zero-order chi connectivity index (χ0) is 10.8. The van der Waals surface area contributed by atoms with Crippen LogP contribution in [0.5, 0.6) is 0 Å². The molecule has 0 amide bonds. The van der Waals surface area contributed by atoms with Crippen LogP contribution in [0, 0.1) is 0 Å². The van der Waals surface area contributed by atoms with E-state index in [2.05, 4.69) is 0 Å². The molecule has 0 aliphatic heterocycles. The maximum absolute atomic E-state index is 9.76. The van der Waals surface area contributed by atoms with Gasteiger partial charge in [0.15, 0.2) is 0 Å². The summed E-state index contributed by atoms with van der Waals surface area (Å²) in [6.45, 7) is 0. The Morgan fingerprint density at radius 1 is 1.13 bits per heavy atom. The summed E-state index contributed by atoms with van der Waals surface area (Å²) in [5.74, 6) is 0.171. The molecule has 2 aromatic rings. The van der Waals surface area contributed by atoms with E-state index in [0.717, 1.165) is 16.3 Å². The van der Waals surface area contributed by atoms with Crippen molar-refractivity contribution in [3.8, 4) is 0 Å². The molecule has 78 valence electrons. The predicted octanol–water partition coefficient (Wildman–Crippen LogP) is 3.77. The molecule has 0 fully saturated rings. The second-order valence-corrected chi connectivity index (χ2v) is 4.07. The summed E-state index contributed by atoms with van der Waals surface area (Å²) in [5, 5.41) is 12.3. The van der Waals surface area contributed by atoms with Gasteiger partial charge in [0, 0.05) is 10.4 Å². The lowest BCUT2D eigenvalue weighted by Gasteiger charge is -2.11. The first-order valence-corrected chi connectivity index (χ1v) is 5.56. The SMILES string of the molecule is O[C@H](CCl)c1cccc2cccc(Cl)c12. The zero-order valence-corrected chi connectivity index (χ0v) is 9.46. The first-order valence-electron chi connectivity index (χ1n) is 4.65.